The van der Waals surface area contributed by atoms with E-state index in [1.165, 1.54) is 6.92 Å². The maximum Gasteiger partial charge on any atom is 0.391 e. The summed E-state index contributed by atoms with van der Waals surface area (Å²) < 4.78 is 36.5. The first-order chi connectivity index (χ1) is 9.10. The molecule has 0 aliphatic rings. The van der Waals surface area contributed by atoms with Crippen LogP contribution in [0.15, 0.2) is 12.3 Å². The fourth-order valence-electron chi connectivity index (χ4n) is 1.46. The number of carboxylic acid groups (broad SMARTS) is 1. The van der Waals surface area contributed by atoms with Crippen LogP contribution >= 0.6 is 0 Å². The van der Waals surface area contributed by atoms with Gasteiger partial charge < -0.3 is 10.4 Å². The van der Waals surface area contributed by atoms with Gasteiger partial charge in [-0.2, -0.15) is 13.2 Å². The van der Waals surface area contributed by atoms with Crippen molar-refractivity contribution in [3.8, 4) is 0 Å². The molecule has 0 radical (unpaired) electrons. The smallest absolute Gasteiger partial charge is 0.391 e. The molecular formula is C10H10F3N3O4. The third kappa shape index (κ3) is 4.37. The van der Waals surface area contributed by atoms with E-state index in [0.29, 0.717) is 0 Å². The molecule has 0 aromatic carbocycles. The van der Waals surface area contributed by atoms with Crippen molar-refractivity contribution < 1.29 is 28.0 Å². The topological polar surface area (TPSA) is 105 Å². The summed E-state index contributed by atoms with van der Waals surface area (Å²) in [6.07, 6.45) is -4.84. The Morgan fingerprint density at radius 1 is 1.60 bits per heavy atom. The lowest BCUT2D eigenvalue weighted by atomic mass is 10.2. The molecule has 0 aliphatic heterocycles. The Hall–Kier alpha value is -2.39. The van der Waals surface area contributed by atoms with Crippen LogP contribution < -0.4 is 5.32 Å². The van der Waals surface area contributed by atoms with E-state index in [4.69, 9.17) is 5.11 Å². The minimum absolute atomic E-state index is 0.347. The van der Waals surface area contributed by atoms with Gasteiger partial charge in [-0.05, 0) is 6.92 Å². The quantitative estimate of drug-likeness (QED) is 0.638. The van der Waals surface area contributed by atoms with Crippen LogP contribution in [0.2, 0.25) is 0 Å². The van der Waals surface area contributed by atoms with Gasteiger partial charge in [0.15, 0.2) is 0 Å². The van der Waals surface area contributed by atoms with Gasteiger partial charge in [-0.25, -0.2) is 9.78 Å². The second kappa shape index (κ2) is 5.72. The maximum absolute atomic E-state index is 12.2. The molecule has 0 saturated carbocycles. The zero-order valence-electron chi connectivity index (χ0n) is 10.1. The van der Waals surface area contributed by atoms with Crippen LogP contribution in [0.25, 0.3) is 0 Å². The molecule has 0 aliphatic carbocycles. The number of nitrogens with one attached hydrogen (secondary N) is 1. The highest BCUT2D eigenvalue weighted by atomic mass is 19.4. The Kier molecular flexibility index (Phi) is 4.48. The minimum Gasteiger partial charge on any atom is -0.478 e. The van der Waals surface area contributed by atoms with Gasteiger partial charge in [-0.3, -0.25) is 10.1 Å². The highest BCUT2D eigenvalue weighted by molar-refractivity contribution is 5.93. The molecular weight excluding hydrogens is 283 g/mol. The van der Waals surface area contributed by atoms with E-state index in [2.05, 4.69) is 10.3 Å². The lowest BCUT2D eigenvalue weighted by Gasteiger charge is -2.17. The van der Waals surface area contributed by atoms with Gasteiger partial charge in [-0.15, -0.1) is 0 Å². The van der Waals surface area contributed by atoms with E-state index in [1.807, 2.05) is 0 Å². The molecule has 20 heavy (non-hydrogen) atoms. The molecule has 1 aromatic rings. The molecule has 0 bridgehead atoms. The highest BCUT2D eigenvalue weighted by Gasteiger charge is 2.30. The lowest BCUT2D eigenvalue weighted by molar-refractivity contribution is -0.385. The second-order valence-corrected chi connectivity index (χ2v) is 4.02. The van der Waals surface area contributed by atoms with E-state index >= 15 is 0 Å². The Morgan fingerprint density at radius 2 is 2.20 bits per heavy atom. The molecule has 2 N–H and O–H groups in total. The first kappa shape index (κ1) is 15.7. The summed E-state index contributed by atoms with van der Waals surface area (Å²) in [5.74, 6) is -1.87. The van der Waals surface area contributed by atoms with Crippen molar-refractivity contribution in [1.29, 1.82) is 0 Å². The molecule has 1 unspecified atom stereocenters. The lowest BCUT2D eigenvalue weighted by Crippen LogP contribution is -2.25. The number of pyridine rings is 1. The van der Waals surface area contributed by atoms with Crippen LogP contribution in [-0.2, 0) is 0 Å². The average Bonchev–Trinajstić information content (AvgIpc) is 2.25. The van der Waals surface area contributed by atoms with Crippen molar-refractivity contribution in [1.82, 2.24) is 4.98 Å². The van der Waals surface area contributed by atoms with Crippen LogP contribution in [0, 0.1) is 10.1 Å². The number of hydrogen-bond acceptors (Lipinski definition) is 5. The van der Waals surface area contributed by atoms with E-state index in [9.17, 15) is 28.1 Å². The van der Waals surface area contributed by atoms with E-state index < -0.39 is 40.8 Å². The van der Waals surface area contributed by atoms with Gasteiger partial charge in [0.2, 0.25) is 0 Å². The number of hydrogen-bond donors (Lipinski definition) is 2. The predicted octanol–water partition coefficient (Wildman–Crippen LogP) is 2.44. The standard InChI is InChI=1S/C10H10F3N3O4/c1-5(3-10(11,12)13)15-8-7(9(17)18)2-6(4-14-8)16(19)20/h2,4-5H,3H2,1H3,(H,14,15)(H,17,18). The van der Waals surface area contributed by atoms with Crippen LogP contribution in [0.5, 0.6) is 0 Å². The van der Waals surface area contributed by atoms with Crippen molar-refractivity contribution in [2.75, 3.05) is 5.32 Å². The summed E-state index contributed by atoms with van der Waals surface area (Å²) in [6, 6.07) is -0.389. The number of nitrogens with zero attached hydrogens (tertiary/aromatic N) is 2. The highest BCUT2D eigenvalue weighted by Crippen LogP contribution is 2.25. The van der Waals surface area contributed by atoms with Crippen molar-refractivity contribution >= 4 is 17.5 Å². The molecule has 1 rings (SSSR count). The SMILES string of the molecule is CC(CC(F)(F)F)Nc1ncc([N+](=O)[O-])cc1C(=O)O. The molecule has 10 heteroatoms. The summed E-state index contributed by atoms with van der Waals surface area (Å²) >= 11 is 0. The molecule has 110 valence electrons. The number of aromatic nitrogens is 1. The Morgan fingerprint density at radius 3 is 2.65 bits per heavy atom. The van der Waals surface area contributed by atoms with Crippen LogP contribution in [0.3, 0.4) is 0 Å². The number of halogens is 3. The third-order valence-corrected chi connectivity index (χ3v) is 2.24. The number of carboxylic acids is 1. The van der Waals surface area contributed by atoms with Gasteiger partial charge in [0, 0.05) is 12.1 Å². The van der Waals surface area contributed by atoms with Crippen molar-refractivity contribution in [3.63, 3.8) is 0 Å². The Bertz CT molecular complexity index is 533. The third-order valence-electron chi connectivity index (χ3n) is 2.24. The van der Waals surface area contributed by atoms with E-state index in [0.717, 1.165) is 12.3 Å². The van der Waals surface area contributed by atoms with Crippen LogP contribution in [0.1, 0.15) is 23.7 Å². The van der Waals surface area contributed by atoms with E-state index in [-0.39, 0.29) is 5.82 Å². The number of aromatic carboxylic acids is 1. The van der Waals surface area contributed by atoms with E-state index in [1.54, 1.807) is 0 Å². The largest absolute Gasteiger partial charge is 0.478 e. The summed E-state index contributed by atoms with van der Waals surface area (Å²) in [7, 11) is 0. The first-order valence-electron chi connectivity index (χ1n) is 5.31. The Balaban J connectivity index is 3.00. The van der Waals surface area contributed by atoms with Gasteiger partial charge in [0.1, 0.15) is 17.6 Å². The number of alkyl halides is 3. The summed E-state index contributed by atoms with van der Waals surface area (Å²) in [5, 5.41) is 21.7. The number of rotatable bonds is 5. The summed E-state index contributed by atoms with van der Waals surface area (Å²) in [4.78, 5) is 24.1. The van der Waals surface area contributed by atoms with Crippen molar-refractivity contribution in [2.24, 2.45) is 0 Å². The molecule has 1 atom stereocenters. The predicted molar refractivity (Wildman–Crippen MR) is 61.6 cm³/mol. The fraction of sp³-hybridized carbons (Fsp3) is 0.400. The maximum atomic E-state index is 12.2. The van der Waals surface area contributed by atoms with Gasteiger partial charge in [0.25, 0.3) is 5.69 Å². The molecule has 0 amide bonds. The summed E-state index contributed by atoms with van der Waals surface area (Å²) in [6.45, 7) is 1.20. The van der Waals surface area contributed by atoms with Crippen LogP contribution in [-0.4, -0.2) is 33.2 Å². The molecule has 0 spiro atoms. The molecule has 7 nitrogen and oxygen atoms in total. The Labute approximate surface area is 110 Å². The van der Waals surface area contributed by atoms with Gasteiger partial charge >= 0.3 is 12.1 Å². The second-order valence-electron chi connectivity index (χ2n) is 4.02. The monoisotopic (exact) mass is 293 g/mol. The zero-order chi connectivity index (χ0) is 15.5. The number of carbonyl (C=O) groups is 1. The minimum atomic E-state index is -4.42. The van der Waals surface area contributed by atoms with Crippen molar-refractivity contribution in [2.45, 2.75) is 25.6 Å². The molecule has 0 fully saturated rings. The molecule has 1 aromatic heterocycles. The average molecular weight is 293 g/mol. The molecule has 1 heterocycles. The van der Waals surface area contributed by atoms with Gasteiger partial charge in [-0.1, -0.05) is 0 Å². The molecule has 0 saturated heterocycles. The summed E-state index contributed by atoms with van der Waals surface area (Å²) in [5.41, 5.74) is -1.12. The normalized spacial score (nSPS) is 12.8. The van der Waals surface area contributed by atoms with Crippen molar-refractivity contribution in [3.05, 3.63) is 27.9 Å². The van der Waals surface area contributed by atoms with Gasteiger partial charge in [0.05, 0.1) is 11.3 Å². The fourth-order valence-corrected chi connectivity index (χ4v) is 1.46. The number of nitro groups is 1. The number of anilines is 1. The van der Waals surface area contributed by atoms with Crippen LogP contribution in [0.4, 0.5) is 24.7 Å². The zero-order valence-corrected chi connectivity index (χ0v) is 10.1. The first-order valence-corrected chi connectivity index (χ1v) is 5.31.